The second-order valence-electron chi connectivity index (χ2n) is 8.82. The molecule has 0 bridgehead atoms. The summed E-state index contributed by atoms with van der Waals surface area (Å²) in [5.41, 5.74) is 5.44. The van der Waals surface area contributed by atoms with Crippen molar-refractivity contribution in [3.8, 4) is 5.69 Å². The van der Waals surface area contributed by atoms with Gasteiger partial charge in [-0.1, -0.05) is 0 Å². The SMILES string of the molecule is N=CN(C=N)c1ccc(C(=O)Nc2ccc(Nc3ccc(NC(=O)c4ccc(-n5cnnc5)cc4)cc3)cc2)cc1. The fraction of sp³-hybridized carbons (Fsp3) is 0. The standard InChI is InChI=1S/C30H25N9O2/c31-17-38(18-32)27-13-1-21(2-14-27)29(40)36-25-9-5-23(6-10-25)35-24-7-11-26(12-8-24)37-30(41)22-3-15-28(16-4-22)39-19-33-34-20-39/h1-20,31-32,35H,(H,36,40)(H,37,41). The number of aromatic nitrogens is 3. The summed E-state index contributed by atoms with van der Waals surface area (Å²) in [4.78, 5) is 26.6. The molecule has 4 aromatic carbocycles. The topological polar surface area (TPSA) is 152 Å². The van der Waals surface area contributed by atoms with Crippen molar-refractivity contribution in [2.24, 2.45) is 0 Å². The molecular weight excluding hydrogens is 518 g/mol. The Morgan fingerprint density at radius 3 is 1.46 bits per heavy atom. The summed E-state index contributed by atoms with van der Waals surface area (Å²) in [6.07, 6.45) is 5.23. The Bertz CT molecular complexity index is 1640. The van der Waals surface area contributed by atoms with Crippen molar-refractivity contribution in [3.05, 3.63) is 121 Å². The molecule has 0 aliphatic heterocycles. The van der Waals surface area contributed by atoms with Gasteiger partial charge in [0.2, 0.25) is 0 Å². The molecular formula is C30H25N9O2. The molecule has 0 atom stereocenters. The van der Waals surface area contributed by atoms with Crippen LogP contribution in [0, 0.1) is 10.8 Å². The lowest BCUT2D eigenvalue weighted by Crippen LogP contribution is -2.17. The van der Waals surface area contributed by atoms with Gasteiger partial charge in [-0.05, 0) is 97.1 Å². The van der Waals surface area contributed by atoms with Gasteiger partial charge in [0, 0.05) is 45.3 Å². The van der Waals surface area contributed by atoms with Crippen LogP contribution in [0.5, 0.6) is 0 Å². The normalized spacial score (nSPS) is 10.3. The molecule has 0 aliphatic rings. The Balaban J connectivity index is 1.14. The van der Waals surface area contributed by atoms with Crippen molar-refractivity contribution in [2.45, 2.75) is 0 Å². The number of nitrogens with one attached hydrogen (secondary N) is 5. The summed E-state index contributed by atoms with van der Waals surface area (Å²) in [6.45, 7) is 0. The van der Waals surface area contributed by atoms with Crippen molar-refractivity contribution >= 4 is 52.9 Å². The first-order valence-electron chi connectivity index (χ1n) is 12.5. The predicted octanol–water partition coefficient (Wildman–Crippen LogP) is 5.54. The van der Waals surface area contributed by atoms with Gasteiger partial charge in [-0.25, -0.2) is 0 Å². The number of anilines is 5. The molecule has 5 aromatic rings. The molecule has 0 fully saturated rings. The molecule has 1 aromatic heterocycles. The summed E-state index contributed by atoms with van der Waals surface area (Å²) >= 11 is 0. The molecule has 0 spiro atoms. The number of nitrogens with zero attached hydrogens (tertiary/aromatic N) is 4. The molecule has 11 heteroatoms. The number of carbonyl (C=O) groups is 2. The molecule has 5 N–H and O–H groups in total. The summed E-state index contributed by atoms with van der Waals surface area (Å²) < 4.78 is 1.76. The quantitative estimate of drug-likeness (QED) is 0.115. The number of benzene rings is 4. The molecule has 41 heavy (non-hydrogen) atoms. The number of hydrogen-bond donors (Lipinski definition) is 5. The van der Waals surface area contributed by atoms with Gasteiger partial charge in [-0.2, -0.15) is 0 Å². The van der Waals surface area contributed by atoms with E-state index in [0.29, 0.717) is 28.2 Å². The second-order valence-corrected chi connectivity index (χ2v) is 8.82. The zero-order chi connectivity index (χ0) is 28.6. The van der Waals surface area contributed by atoms with Crippen molar-refractivity contribution < 1.29 is 9.59 Å². The van der Waals surface area contributed by atoms with Gasteiger partial charge in [0.1, 0.15) is 12.7 Å². The number of rotatable bonds is 10. The van der Waals surface area contributed by atoms with Gasteiger partial charge in [-0.15, -0.1) is 10.2 Å². The van der Waals surface area contributed by atoms with E-state index >= 15 is 0 Å². The van der Waals surface area contributed by atoms with E-state index in [4.69, 9.17) is 10.8 Å². The van der Waals surface area contributed by atoms with E-state index < -0.39 is 0 Å². The molecule has 1 heterocycles. The largest absolute Gasteiger partial charge is 0.356 e. The van der Waals surface area contributed by atoms with Crippen LogP contribution in [0.4, 0.5) is 28.4 Å². The summed E-state index contributed by atoms with van der Waals surface area (Å²) in [7, 11) is 0. The molecule has 0 aliphatic carbocycles. The number of carbonyl (C=O) groups excluding carboxylic acids is 2. The molecule has 0 unspecified atom stereocenters. The van der Waals surface area contributed by atoms with Crippen LogP contribution in [0.25, 0.3) is 5.69 Å². The summed E-state index contributed by atoms with van der Waals surface area (Å²) in [5.74, 6) is -0.480. The lowest BCUT2D eigenvalue weighted by molar-refractivity contribution is 0.101. The molecule has 11 nitrogen and oxygen atoms in total. The minimum absolute atomic E-state index is 0.214. The summed E-state index contributed by atoms with van der Waals surface area (Å²) in [6, 6.07) is 28.4. The van der Waals surface area contributed by atoms with Crippen LogP contribution in [0.1, 0.15) is 20.7 Å². The van der Waals surface area contributed by atoms with Gasteiger partial charge < -0.3 is 16.0 Å². The van der Waals surface area contributed by atoms with Gasteiger partial charge in [0.05, 0.1) is 12.7 Å². The van der Waals surface area contributed by atoms with Crippen LogP contribution in [-0.2, 0) is 0 Å². The molecule has 0 radical (unpaired) electrons. The lowest BCUT2D eigenvalue weighted by Gasteiger charge is -2.13. The fourth-order valence-corrected chi connectivity index (χ4v) is 3.94. The monoisotopic (exact) mass is 543 g/mol. The van der Waals surface area contributed by atoms with E-state index in [1.54, 1.807) is 65.8 Å². The smallest absolute Gasteiger partial charge is 0.255 e. The highest BCUT2D eigenvalue weighted by atomic mass is 16.2. The van der Waals surface area contributed by atoms with E-state index in [1.165, 1.54) is 4.90 Å². The summed E-state index contributed by atoms with van der Waals surface area (Å²) in [5, 5.41) is 31.2. The van der Waals surface area contributed by atoms with Crippen molar-refractivity contribution in [2.75, 3.05) is 20.9 Å². The Morgan fingerprint density at radius 1 is 0.610 bits per heavy atom. The Hall–Kier alpha value is -6.10. The van der Waals surface area contributed by atoms with Crippen molar-refractivity contribution in [3.63, 3.8) is 0 Å². The third-order valence-corrected chi connectivity index (χ3v) is 6.13. The van der Waals surface area contributed by atoms with Crippen molar-refractivity contribution in [1.29, 1.82) is 10.8 Å². The van der Waals surface area contributed by atoms with Crippen molar-refractivity contribution in [1.82, 2.24) is 14.8 Å². The van der Waals surface area contributed by atoms with Crippen LogP contribution in [-0.4, -0.2) is 39.3 Å². The maximum Gasteiger partial charge on any atom is 0.255 e. The van der Waals surface area contributed by atoms with Crippen LogP contribution < -0.4 is 20.9 Å². The lowest BCUT2D eigenvalue weighted by atomic mass is 10.1. The zero-order valence-corrected chi connectivity index (χ0v) is 21.7. The van der Waals surface area contributed by atoms with Gasteiger partial charge >= 0.3 is 0 Å². The molecule has 2 amide bonds. The third kappa shape index (κ3) is 6.49. The average molecular weight is 544 g/mol. The predicted molar refractivity (Wildman–Crippen MR) is 160 cm³/mol. The maximum absolute atomic E-state index is 12.6. The first-order chi connectivity index (χ1) is 20.0. The highest BCUT2D eigenvalue weighted by Crippen LogP contribution is 2.22. The Kier molecular flexibility index (Phi) is 7.87. The van der Waals surface area contributed by atoms with E-state index in [9.17, 15) is 9.59 Å². The van der Waals surface area contributed by atoms with Gasteiger partial charge in [0.25, 0.3) is 11.8 Å². The molecule has 0 saturated heterocycles. The zero-order valence-electron chi connectivity index (χ0n) is 21.7. The van der Waals surface area contributed by atoms with Gasteiger partial charge in [-0.3, -0.25) is 29.9 Å². The van der Waals surface area contributed by atoms with E-state index in [1.807, 2.05) is 48.5 Å². The molecule has 202 valence electrons. The first-order valence-corrected chi connectivity index (χ1v) is 12.5. The van der Waals surface area contributed by atoms with Gasteiger partial charge in [0.15, 0.2) is 0 Å². The van der Waals surface area contributed by atoms with E-state index in [-0.39, 0.29) is 11.8 Å². The Morgan fingerprint density at radius 2 is 1.02 bits per heavy atom. The van der Waals surface area contributed by atoms with Crippen LogP contribution >= 0.6 is 0 Å². The van der Waals surface area contributed by atoms with Crippen LogP contribution in [0.15, 0.2) is 110 Å². The minimum atomic E-state index is -0.266. The Labute approximate surface area is 235 Å². The fourth-order valence-electron chi connectivity index (χ4n) is 3.94. The highest BCUT2D eigenvalue weighted by molar-refractivity contribution is 6.05. The van der Waals surface area contributed by atoms with Crippen LogP contribution in [0.3, 0.4) is 0 Å². The molecule has 5 rings (SSSR count). The highest BCUT2D eigenvalue weighted by Gasteiger charge is 2.09. The average Bonchev–Trinajstić information content (AvgIpc) is 3.55. The van der Waals surface area contributed by atoms with E-state index in [0.717, 1.165) is 29.7 Å². The molecule has 0 saturated carbocycles. The minimum Gasteiger partial charge on any atom is -0.356 e. The second kappa shape index (κ2) is 12.2. The number of hydrogen-bond acceptors (Lipinski definition) is 7. The van der Waals surface area contributed by atoms with Crippen LogP contribution in [0.2, 0.25) is 0 Å². The third-order valence-electron chi connectivity index (χ3n) is 6.13. The van der Waals surface area contributed by atoms with E-state index in [2.05, 4.69) is 26.1 Å². The number of amides is 2. The maximum atomic E-state index is 12.6. The first kappa shape index (κ1) is 26.5.